The van der Waals surface area contributed by atoms with Crippen molar-refractivity contribution >= 4 is 27.5 Å². The molecule has 0 saturated heterocycles. The fourth-order valence-corrected chi connectivity index (χ4v) is 2.97. The van der Waals surface area contributed by atoms with Crippen molar-refractivity contribution in [2.24, 2.45) is 0 Å². The number of nitrogens with one attached hydrogen (secondary N) is 1. The van der Waals surface area contributed by atoms with E-state index in [0.717, 1.165) is 10.0 Å². The second-order valence-electron chi connectivity index (χ2n) is 4.97. The molecule has 0 aromatic heterocycles. The van der Waals surface area contributed by atoms with Crippen molar-refractivity contribution in [1.29, 1.82) is 0 Å². The molecule has 22 heavy (non-hydrogen) atoms. The third-order valence-corrected chi connectivity index (χ3v) is 4.23. The van der Waals surface area contributed by atoms with Gasteiger partial charge in [-0.2, -0.15) is 0 Å². The Morgan fingerprint density at radius 1 is 1.18 bits per heavy atom. The zero-order chi connectivity index (χ0) is 16.1. The fourth-order valence-electron chi connectivity index (χ4n) is 2.24. The summed E-state index contributed by atoms with van der Waals surface area (Å²) in [5.41, 5.74) is 2.27. The van der Waals surface area contributed by atoms with Crippen molar-refractivity contribution in [2.75, 3.05) is 14.2 Å². The number of methoxy groups -OCH3 is 2. The van der Waals surface area contributed by atoms with Gasteiger partial charge in [-0.1, -0.05) is 39.7 Å². The average molecular weight is 385 g/mol. The second-order valence-corrected chi connectivity index (χ2v) is 6.29. The molecule has 0 radical (unpaired) electrons. The molecule has 0 aliphatic carbocycles. The Bertz CT molecular complexity index is 649. The summed E-state index contributed by atoms with van der Waals surface area (Å²) in [5, 5.41) is 4.03. The van der Waals surface area contributed by atoms with Crippen LogP contribution in [0.2, 0.25) is 5.02 Å². The molecule has 1 N–H and O–H groups in total. The predicted molar refractivity (Wildman–Crippen MR) is 94.0 cm³/mol. The first-order valence-electron chi connectivity index (χ1n) is 6.94. The molecule has 3 nitrogen and oxygen atoms in total. The van der Waals surface area contributed by atoms with Gasteiger partial charge in [0.05, 0.1) is 19.2 Å². The summed E-state index contributed by atoms with van der Waals surface area (Å²) >= 11 is 9.72. The number of benzene rings is 2. The topological polar surface area (TPSA) is 30.5 Å². The van der Waals surface area contributed by atoms with Crippen LogP contribution >= 0.6 is 27.5 Å². The molecule has 0 heterocycles. The Labute approximate surface area is 144 Å². The van der Waals surface area contributed by atoms with Crippen molar-refractivity contribution in [3.8, 4) is 11.5 Å². The van der Waals surface area contributed by atoms with Gasteiger partial charge in [-0.05, 0) is 42.3 Å². The molecule has 118 valence electrons. The summed E-state index contributed by atoms with van der Waals surface area (Å²) in [6.45, 7) is 2.82. The highest BCUT2D eigenvalue weighted by atomic mass is 79.9. The average Bonchev–Trinajstić information content (AvgIpc) is 2.51. The summed E-state index contributed by atoms with van der Waals surface area (Å²) in [5.74, 6) is 1.20. The molecule has 0 bridgehead atoms. The molecule has 2 rings (SSSR count). The lowest BCUT2D eigenvalue weighted by molar-refractivity contribution is 0.354. The van der Waals surface area contributed by atoms with Gasteiger partial charge in [0, 0.05) is 17.1 Å². The van der Waals surface area contributed by atoms with Gasteiger partial charge < -0.3 is 14.8 Å². The number of hydrogen-bond donors (Lipinski definition) is 1. The molecule has 2 aromatic carbocycles. The highest BCUT2D eigenvalue weighted by Crippen LogP contribution is 2.36. The highest BCUT2D eigenvalue weighted by molar-refractivity contribution is 9.10. The van der Waals surface area contributed by atoms with Gasteiger partial charge >= 0.3 is 0 Å². The number of halogens is 2. The Balaban J connectivity index is 2.10. The molecule has 0 amide bonds. The van der Waals surface area contributed by atoms with Crippen LogP contribution in [-0.2, 0) is 6.54 Å². The fraction of sp³-hybridized carbons (Fsp3) is 0.294. The lowest BCUT2D eigenvalue weighted by Gasteiger charge is -2.16. The summed E-state index contributed by atoms with van der Waals surface area (Å²) in [6, 6.07) is 12.3. The van der Waals surface area contributed by atoms with E-state index in [1.54, 1.807) is 14.2 Å². The van der Waals surface area contributed by atoms with Gasteiger partial charge in [-0.15, -0.1) is 0 Å². The Kier molecular flexibility index (Phi) is 6.12. The van der Waals surface area contributed by atoms with E-state index < -0.39 is 0 Å². The van der Waals surface area contributed by atoms with Crippen LogP contribution in [0.1, 0.15) is 24.1 Å². The van der Waals surface area contributed by atoms with Crippen LogP contribution in [-0.4, -0.2) is 14.2 Å². The van der Waals surface area contributed by atoms with Crippen molar-refractivity contribution < 1.29 is 9.47 Å². The molecular weight excluding hydrogens is 366 g/mol. The monoisotopic (exact) mass is 383 g/mol. The van der Waals surface area contributed by atoms with Gasteiger partial charge in [-0.25, -0.2) is 0 Å². The van der Waals surface area contributed by atoms with Crippen LogP contribution in [0.25, 0.3) is 0 Å². The van der Waals surface area contributed by atoms with Gasteiger partial charge in [0.25, 0.3) is 0 Å². The number of hydrogen-bond acceptors (Lipinski definition) is 3. The van der Waals surface area contributed by atoms with Gasteiger partial charge in [0.2, 0.25) is 0 Å². The summed E-state index contributed by atoms with van der Waals surface area (Å²) in [4.78, 5) is 0. The van der Waals surface area contributed by atoms with Crippen molar-refractivity contribution in [2.45, 2.75) is 19.5 Å². The molecule has 0 aliphatic rings. The van der Waals surface area contributed by atoms with Crippen molar-refractivity contribution in [3.05, 3.63) is 57.0 Å². The van der Waals surface area contributed by atoms with Crippen LogP contribution in [0.3, 0.4) is 0 Å². The quantitative estimate of drug-likeness (QED) is 0.762. The smallest absolute Gasteiger partial charge is 0.179 e. The third-order valence-electron chi connectivity index (χ3n) is 3.45. The van der Waals surface area contributed by atoms with Crippen LogP contribution in [0.4, 0.5) is 0 Å². The molecule has 1 atom stereocenters. The van der Waals surface area contributed by atoms with E-state index in [0.29, 0.717) is 23.1 Å². The SMILES string of the molecule is COc1cc(CNC(C)c2cccc(Br)c2)cc(Cl)c1OC. The van der Waals surface area contributed by atoms with E-state index in [-0.39, 0.29) is 6.04 Å². The lowest BCUT2D eigenvalue weighted by Crippen LogP contribution is -2.18. The summed E-state index contributed by atoms with van der Waals surface area (Å²) < 4.78 is 11.6. The first kappa shape index (κ1) is 17.1. The lowest BCUT2D eigenvalue weighted by atomic mass is 10.1. The van der Waals surface area contributed by atoms with E-state index in [9.17, 15) is 0 Å². The Hall–Kier alpha value is -1.23. The van der Waals surface area contributed by atoms with Gasteiger partial charge in [0.15, 0.2) is 11.5 Å². The maximum atomic E-state index is 6.23. The Morgan fingerprint density at radius 3 is 2.59 bits per heavy atom. The minimum atomic E-state index is 0.226. The van der Waals surface area contributed by atoms with Crippen LogP contribution in [0.15, 0.2) is 40.9 Å². The van der Waals surface area contributed by atoms with E-state index >= 15 is 0 Å². The third kappa shape index (κ3) is 4.15. The first-order chi connectivity index (χ1) is 10.5. The zero-order valence-corrected chi connectivity index (χ0v) is 15.2. The normalized spacial score (nSPS) is 12.0. The zero-order valence-electron chi connectivity index (χ0n) is 12.8. The predicted octanol–water partition coefficient (Wildman–Crippen LogP) is 4.97. The van der Waals surface area contributed by atoms with E-state index in [1.807, 2.05) is 24.3 Å². The van der Waals surface area contributed by atoms with Crippen LogP contribution in [0.5, 0.6) is 11.5 Å². The number of rotatable bonds is 6. The Morgan fingerprint density at radius 2 is 1.95 bits per heavy atom. The van der Waals surface area contributed by atoms with Crippen LogP contribution < -0.4 is 14.8 Å². The van der Waals surface area contributed by atoms with E-state index in [2.05, 4.69) is 40.3 Å². The second kappa shape index (κ2) is 7.86. The van der Waals surface area contributed by atoms with E-state index in [4.69, 9.17) is 21.1 Å². The van der Waals surface area contributed by atoms with Crippen LogP contribution in [0, 0.1) is 0 Å². The molecule has 2 aromatic rings. The molecular formula is C17H19BrClNO2. The van der Waals surface area contributed by atoms with Gasteiger partial charge in [-0.3, -0.25) is 0 Å². The molecule has 0 spiro atoms. The number of ether oxygens (including phenoxy) is 2. The molecule has 0 aliphatic heterocycles. The molecule has 5 heteroatoms. The molecule has 1 unspecified atom stereocenters. The minimum Gasteiger partial charge on any atom is -0.493 e. The van der Waals surface area contributed by atoms with Crippen molar-refractivity contribution in [3.63, 3.8) is 0 Å². The molecule has 0 saturated carbocycles. The standard InChI is InChI=1S/C17H19BrClNO2/c1-11(13-5-4-6-14(18)9-13)20-10-12-7-15(19)17(22-3)16(8-12)21-2/h4-9,11,20H,10H2,1-3H3. The highest BCUT2D eigenvalue weighted by Gasteiger charge is 2.12. The maximum Gasteiger partial charge on any atom is 0.179 e. The minimum absolute atomic E-state index is 0.226. The van der Waals surface area contributed by atoms with E-state index in [1.165, 1.54) is 5.56 Å². The summed E-state index contributed by atoms with van der Waals surface area (Å²) in [7, 11) is 3.19. The largest absolute Gasteiger partial charge is 0.493 e. The molecule has 0 fully saturated rings. The van der Waals surface area contributed by atoms with Gasteiger partial charge in [0.1, 0.15) is 0 Å². The maximum absolute atomic E-state index is 6.23. The summed E-state index contributed by atoms with van der Waals surface area (Å²) in [6.07, 6.45) is 0. The van der Waals surface area contributed by atoms with Crippen molar-refractivity contribution in [1.82, 2.24) is 5.32 Å². The first-order valence-corrected chi connectivity index (χ1v) is 8.11.